The zero-order valence-corrected chi connectivity index (χ0v) is 24.0. The highest BCUT2D eigenvalue weighted by molar-refractivity contribution is 5.88. The number of para-hydroxylation sites is 2. The smallest absolute Gasteiger partial charge is 0.333 e. The molecule has 1 saturated heterocycles. The van der Waals surface area contributed by atoms with Crippen LogP contribution in [0.1, 0.15) is 63.5 Å². The number of tetrazole rings is 1. The van der Waals surface area contributed by atoms with E-state index in [1.807, 2.05) is 72.8 Å². The van der Waals surface area contributed by atoms with Gasteiger partial charge in [0.2, 0.25) is 5.82 Å². The van der Waals surface area contributed by atoms with Crippen LogP contribution in [0.4, 0.5) is 0 Å². The van der Waals surface area contributed by atoms with Crippen molar-refractivity contribution >= 4 is 17.0 Å². The fourth-order valence-electron chi connectivity index (χ4n) is 6.24. The molecule has 0 aliphatic carbocycles. The number of fused-ring (bicyclic) bond motifs is 1. The first-order valence-electron chi connectivity index (χ1n) is 15.0. The highest BCUT2D eigenvalue weighted by Gasteiger charge is 2.53. The molecule has 1 unspecified atom stereocenters. The van der Waals surface area contributed by atoms with E-state index in [0.29, 0.717) is 19.0 Å². The number of hydrogen-bond acceptors (Lipinski definition) is 7. The van der Waals surface area contributed by atoms with Gasteiger partial charge in [-0.1, -0.05) is 106 Å². The molecule has 2 N–H and O–H groups in total. The van der Waals surface area contributed by atoms with Crippen molar-refractivity contribution in [2.45, 2.75) is 63.5 Å². The van der Waals surface area contributed by atoms with Crippen LogP contribution >= 0.6 is 0 Å². The number of ether oxygens (including phenoxy) is 1. The number of nitrogens with one attached hydrogen (secondary N) is 2. The van der Waals surface area contributed by atoms with Crippen LogP contribution in [0.2, 0.25) is 0 Å². The summed E-state index contributed by atoms with van der Waals surface area (Å²) in [5.41, 5.74) is 3.28. The lowest BCUT2D eigenvalue weighted by atomic mass is 9.83. The third-order valence-corrected chi connectivity index (χ3v) is 8.27. The zero-order valence-electron chi connectivity index (χ0n) is 24.0. The molecule has 6 rings (SSSR count). The summed E-state index contributed by atoms with van der Waals surface area (Å²) in [6, 6.07) is 25.7. The van der Waals surface area contributed by atoms with Gasteiger partial charge in [0, 0.05) is 11.1 Å². The van der Waals surface area contributed by atoms with Crippen molar-refractivity contribution in [3.05, 3.63) is 84.4 Å². The number of hydrogen-bond donors (Lipinski definition) is 2. The highest BCUT2D eigenvalue weighted by atomic mass is 16.5. The van der Waals surface area contributed by atoms with Crippen LogP contribution in [0.5, 0.6) is 0 Å². The van der Waals surface area contributed by atoms with Crippen molar-refractivity contribution < 1.29 is 9.53 Å². The van der Waals surface area contributed by atoms with Crippen molar-refractivity contribution in [1.29, 1.82) is 0 Å². The summed E-state index contributed by atoms with van der Waals surface area (Å²) in [6.07, 6.45) is 7.50. The number of aromatic amines is 1. The second kappa shape index (κ2) is 12.7. The van der Waals surface area contributed by atoms with Gasteiger partial charge in [0.05, 0.1) is 23.7 Å². The molecule has 0 radical (unpaired) electrons. The van der Waals surface area contributed by atoms with Crippen LogP contribution in [-0.4, -0.2) is 49.3 Å². The Labute approximate surface area is 245 Å². The predicted octanol–water partition coefficient (Wildman–Crippen LogP) is 6.22. The molecule has 0 spiro atoms. The number of unbranched alkanes of at least 4 members (excludes halogenated alkanes) is 5. The van der Waals surface area contributed by atoms with Gasteiger partial charge in [-0.05, 0) is 42.3 Å². The third-order valence-electron chi connectivity index (χ3n) is 8.27. The SMILES string of the molecule is CCCCCCCCOC(=O)[C@@]1(c2ccccc2)NCCC1n1c(-c2ccccc2-c2nn[nH]n2)nc2ccccc21. The average Bonchev–Trinajstić information content (AvgIpc) is 3.80. The Hall–Kier alpha value is -4.37. The predicted molar refractivity (Wildman–Crippen MR) is 162 cm³/mol. The second-order valence-electron chi connectivity index (χ2n) is 10.9. The van der Waals surface area contributed by atoms with Gasteiger partial charge in [-0.25, -0.2) is 9.78 Å². The van der Waals surface area contributed by atoms with E-state index in [2.05, 4.69) is 43.5 Å². The van der Waals surface area contributed by atoms with Crippen molar-refractivity contribution in [3.63, 3.8) is 0 Å². The molecule has 9 heteroatoms. The molecule has 5 aromatic rings. The normalized spacial score (nSPS) is 18.5. The van der Waals surface area contributed by atoms with E-state index in [-0.39, 0.29) is 12.0 Å². The molecule has 42 heavy (non-hydrogen) atoms. The molecule has 2 atom stereocenters. The minimum Gasteiger partial charge on any atom is -0.464 e. The van der Waals surface area contributed by atoms with E-state index in [1.54, 1.807) is 0 Å². The van der Waals surface area contributed by atoms with Crippen LogP contribution < -0.4 is 5.32 Å². The van der Waals surface area contributed by atoms with E-state index in [0.717, 1.165) is 52.8 Å². The highest BCUT2D eigenvalue weighted by Crippen LogP contribution is 2.45. The summed E-state index contributed by atoms with van der Waals surface area (Å²) in [4.78, 5) is 19.4. The number of esters is 1. The number of aromatic nitrogens is 6. The van der Waals surface area contributed by atoms with Crippen LogP contribution in [0.15, 0.2) is 78.9 Å². The van der Waals surface area contributed by atoms with Crippen molar-refractivity contribution in [2.24, 2.45) is 0 Å². The average molecular weight is 564 g/mol. The van der Waals surface area contributed by atoms with E-state index >= 15 is 0 Å². The Bertz CT molecular complexity index is 1620. The van der Waals surface area contributed by atoms with E-state index in [1.165, 1.54) is 25.7 Å². The maximum absolute atomic E-state index is 14.3. The lowest BCUT2D eigenvalue weighted by Crippen LogP contribution is -2.51. The van der Waals surface area contributed by atoms with Crippen LogP contribution in [0.25, 0.3) is 33.8 Å². The summed E-state index contributed by atoms with van der Waals surface area (Å²) in [5, 5.41) is 18.5. The van der Waals surface area contributed by atoms with Gasteiger partial charge in [-0.3, -0.25) is 5.32 Å². The Morgan fingerprint density at radius 2 is 1.67 bits per heavy atom. The van der Waals surface area contributed by atoms with Gasteiger partial charge < -0.3 is 9.30 Å². The van der Waals surface area contributed by atoms with Gasteiger partial charge in [0.15, 0.2) is 5.54 Å². The molecule has 0 saturated carbocycles. The molecule has 3 aromatic carbocycles. The summed E-state index contributed by atoms with van der Waals surface area (Å²) >= 11 is 0. The van der Waals surface area contributed by atoms with E-state index in [4.69, 9.17) is 9.72 Å². The Morgan fingerprint density at radius 3 is 2.48 bits per heavy atom. The monoisotopic (exact) mass is 563 g/mol. The Balaban J connectivity index is 1.43. The molecular weight excluding hydrogens is 526 g/mol. The van der Waals surface area contributed by atoms with Gasteiger partial charge in [-0.2, -0.15) is 5.21 Å². The van der Waals surface area contributed by atoms with Gasteiger partial charge in [-0.15, -0.1) is 10.2 Å². The van der Waals surface area contributed by atoms with Crippen molar-refractivity contribution in [2.75, 3.05) is 13.2 Å². The number of carbonyl (C=O) groups excluding carboxylic acids is 1. The first-order valence-corrected chi connectivity index (χ1v) is 15.0. The molecule has 9 nitrogen and oxygen atoms in total. The maximum Gasteiger partial charge on any atom is 0.333 e. The molecule has 216 valence electrons. The zero-order chi connectivity index (χ0) is 28.8. The van der Waals surface area contributed by atoms with Crippen LogP contribution in [0, 0.1) is 0 Å². The van der Waals surface area contributed by atoms with Crippen LogP contribution in [0.3, 0.4) is 0 Å². The van der Waals surface area contributed by atoms with E-state index < -0.39 is 5.54 Å². The summed E-state index contributed by atoms with van der Waals surface area (Å²) in [7, 11) is 0. The van der Waals surface area contributed by atoms with Crippen molar-refractivity contribution in [1.82, 2.24) is 35.5 Å². The lowest BCUT2D eigenvalue weighted by Gasteiger charge is -2.35. The fraction of sp³-hybridized carbons (Fsp3) is 0.364. The summed E-state index contributed by atoms with van der Waals surface area (Å²) in [5.74, 6) is 0.982. The van der Waals surface area contributed by atoms with Crippen LogP contribution in [-0.2, 0) is 15.1 Å². The number of nitrogens with zero attached hydrogens (tertiary/aromatic N) is 5. The van der Waals surface area contributed by atoms with Gasteiger partial charge in [0.1, 0.15) is 5.82 Å². The molecule has 3 heterocycles. The molecule has 1 fully saturated rings. The maximum atomic E-state index is 14.3. The van der Waals surface area contributed by atoms with Crippen molar-refractivity contribution in [3.8, 4) is 22.8 Å². The number of H-pyrrole nitrogens is 1. The fourth-order valence-corrected chi connectivity index (χ4v) is 6.24. The number of imidazole rings is 1. The molecular formula is C33H37N7O2. The first-order chi connectivity index (χ1) is 20.7. The minimum absolute atomic E-state index is 0.250. The van der Waals surface area contributed by atoms with Gasteiger partial charge >= 0.3 is 5.97 Å². The quantitative estimate of drug-likeness (QED) is 0.137. The molecule has 0 amide bonds. The van der Waals surface area contributed by atoms with E-state index in [9.17, 15) is 4.79 Å². The Morgan fingerprint density at radius 1 is 0.929 bits per heavy atom. The topological polar surface area (TPSA) is 111 Å². The Kier molecular flexibility index (Phi) is 8.37. The largest absolute Gasteiger partial charge is 0.464 e. The molecule has 1 aliphatic rings. The number of benzene rings is 3. The minimum atomic E-state index is -1.08. The summed E-state index contributed by atoms with van der Waals surface area (Å²) < 4.78 is 8.31. The molecule has 2 aromatic heterocycles. The van der Waals surface area contributed by atoms with Gasteiger partial charge in [0.25, 0.3) is 0 Å². The summed E-state index contributed by atoms with van der Waals surface area (Å²) in [6.45, 7) is 3.28. The lowest BCUT2D eigenvalue weighted by molar-refractivity contribution is -0.153. The second-order valence-corrected chi connectivity index (χ2v) is 10.9. The number of rotatable bonds is 12. The first kappa shape index (κ1) is 27.8. The standard InChI is InChI=1S/C33H37N7O2/c1-2-3-4-5-6-14-23-42-32(41)33(24-15-8-7-9-16-24)29(21-22-34-33)40-28-20-13-12-19-27(28)35-31(40)26-18-11-10-17-25(26)30-36-38-39-37-30/h7-13,15-20,29,34H,2-6,14,21-23H2,1H3,(H,36,37,38,39)/t29?,33-/m0/s1. The third kappa shape index (κ3) is 5.20. The molecule has 1 aliphatic heterocycles. The number of carbonyl (C=O) groups is 1. The molecule has 0 bridgehead atoms.